The first-order valence-electron chi connectivity index (χ1n) is 8.43. The van der Waals surface area contributed by atoms with Gasteiger partial charge >= 0.3 is 5.97 Å². The van der Waals surface area contributed by atoms with E-state index in [9.17, 15) is 9.59 Å². The van der Waals surface area contributed by atoms with Gasteiger partial charge in [0.1, 0.15) is 0 Å². The highest BCUT2D eigenvalue weighted by molar-refractivity contribution is 5.95. The number of carbonyl (C=O) groups is 2. The van der Waals surface area contributed by atoms with Crippen molar-refractivity contribution in [3.8, 4) is 11.5 Å². The van der Waals surface area contributed by atoms with Crippen LogP contribution in [-0.4, -0.2) is 37.0 Å². The van der Waals surface area contributed by atoms with E-state index in [1.165, 1.54) is 13.5 Å². The van der Waals surface area contributed by atoms with Crippen molar-refractivity contribution in [3.05, 3.63) is 59.7 Å². The molecule has 5 nitrogen and oxygen atoms in total. The van der Waals surface area contributed by atoms with Crippen molar-refractivity contribution in [1.82, 2.24) is 4.90 Å². The zero-order valence-electron chi connectivity index (χ0n) is 14.2. The summed E-state index contributed by atoms with van der Waals surface area (Å²) in [5, 5.41) is 0. The lowest BCUT2D eigenvalue weighted by Crippen LogP contribution is -2.35. The van der Waals surface area contributed by atoms with Crippen LogP contribution in [0.1, 0.15) is 40.0 Å². The van der Waals surface area contributed by atoms with Gasteiger partial charge in [-0.25, -0.2) is 4.79 Å². The van der Waals surface area contributed by atoms with Gasteiger partial charge in [0.25, 0.3) is 5.91 Å². The molecule has 0 aromatic heterocycles. The predicted octanol–water partition coefficient (Wildman–Crippen LogP) is 3.54. The summed E-state index contributed by atoms with van der Waals surface area (Å²) in [4.78, 5) is 26.6. The summed E-state index contributed by atoms with van der Waals surface area (Å²) in [5.74, 6) is 0.187. The van der Waals surface area contributed by atoms with Gasteiger partial charge < -0.3 is 14.4 Å². The lowest BCUT2D eigenvalue weighted by molar-refractivity contribution is 0.0723. The summed E-state index contributed by atoms with van der Waals surface area (Å²) in [5.41, 5.74) is 0.997. The van der Waals surface area contributed by atoms with Gasteiger partial charge in [-0.05, 0) is 49.6 Å². The molecule has 0 aliphatic carbocycles. The van der Waals surface area contributed by atoms with Gasteiger partial charge in [-0.1, -0.05) is 18.2 Å². The molecule has 0 saturated carbocycles. The van der Waals surface area contributed by atoms with Crippen LogP contribution in [0.15, 0.2) is 48.5 Å². The third-order valence-electron chi connectivity index (χ3n) is 4.27. The van der Waals surface area contributed by atoms with Gasteiger partial charge in [-0.3, -0.25) is 4.79 Å². The molecule has 0 bridgehead atoms. The molecule has 1 saturated heterocycles. The van der Waals surface area contributed by atoms with Crippen LogP contribution in [0, 0.1) is 0 Å². The van der Waals surface area contributed by atoms with Crippen LogP contribution in [0.2, 0.25) is 0 Å². The van der Waals surface area contributed by atoms with E-state index in [0.29, 0.717) is 22.6 Å². The number of esters is 1. The number of ether oxygens (including phenoxy) is 2. The molecule has 1 aliphatic rings. The highest BCUT2D eigenvalue weighted by Crippen LogP contribution is 2.29. The van der Waals surface area contributed by atoms with Crippen LogP contribution in [0.3, 0.4) is 0 Å². The maximum atomic E-state index is 12.6. The molecule has 1 heterocycles. The summed E-state index contributed by atoms with van der Waals surface area (Å²) in [6.45, 7) is 1.57. The standard InChI is InChI=1S/C20H21NO4/c1-24-18-14-16(19(22)21-12-6-3-7-13-21)10-11-17(18)25-20(23)15-8-4-2-5-9-15/h2,4-5,8-11,14H,3,6-7,12-13H2,1H3. The Labute approximate surface area is 147 Å². The fourth-order valence-electron chi connectivity index (χ4n) is 2.90. The van der Waals surface area contributed by atoms with E-state index in [4.69, 9.17) is 9.47 Å². The number of amides is 1. The Morgan fingerprint density at radius 2 is 1.60 bits per heavy atom. The Morgan fingerprint density at radius 3 is 2.28 bits per heavy atom. The second-order valence-electron chi connectivity index (χ2n) is 5.97. The molecule has 25 heavy (non-hydrogen) atoms. The number of methoxy groups -OCH3 is 1. The minimum Gasteiger partial charge on any atom is -0.493 e. The Balaban J connectivity index is 1.77. The van der Waals surface area contributed by atoms with Crippen molar-refractivity contribution in [2.24, 2.45) is 0 Å². The fraction of sp³-hybridized carbons (Fsp3) is 0.300. The third-order valence-corrected chi connectivity index (χ3v) is 4.27. The second-order valence-corrected chi connectivity index (χ2v) is 5.97. The van der Waals surface area contributed by atoms with E-state index in [0.717, 1.165) is 25.9 Å². The molecule has 1 aliphatic heterocycles. The van der Waals surface area contributed by atoms with Crippen LogP contribution in [0.25, 0.3) is 0 Å². The molecular weight excluding hydrogens is 318 g/mol. The molecular formula is C20H21NO4. The maximum Gasteiger partial charge on any atom is 0.343 e. The van der Waals surface area contributed by atoms with Crippen molar-refractivity contribution in [3.63, 3.8) is 0 Å². The van der Waals surface area contributed by atoms with Crippen LogP contribution < -0.4 is 9.47 Å². The van der Waals surface area contributed by atoms with Crippen LogP contribution in [0.4, 0.5) is 0 Å². The number of piperidine rings is 1. The van der Waals surface area contributed by atoms with Gasteiger partial charge in [0.2, 0.25) is 0 Å². The topological polar surface area (TPSA) is 55.8 Å². The van der Waals surface area contributed by atoms with Crippen LogP contribution in [0.5, 0.6) is 11.5 Å². The molecule has 0 unspecified atom stereocenters. The first kappa shape index (κ1) is 17.0. The van der Waals surface area contributed by atoms with Crippen LogP contribution >= 0.6 is 0 Å². The Kier molecular flexibility index (Phi) is 5.33. The Bertz CT molecular complexity index is 752. The monoisotopic (exact) mass is 339 g/mol. The molecule has 1 fully saturated rings. The van der Waals surface area contributed by atoms with E-state index in [1.807, 2.05) is 11.0 Å². The number of likely N-dealkylation sites (tertiary alicyclic amines) is 1. The zero-order chi connectivity index (χ0) is 17.6. The molecule has 0 spiro atoms. The average Bonchev–Trinajstić information content (AvgIpc) is 2.69. The number of nitrogens with zero attached hydrogens (tertiary/aromatic N) is 1. The first-order valence-corrected chi connectivity index (χ1v) is 8.43. The van der Waals surface area contributed by atoms with Gasteiger partial charge in [0, 0.05) is 18.7 Å². The largest absolute Gasteiger partial charge is 0.493 e. The lowest BCUT2D eigenvalue weighted by Gasteiger charge is -2.27. The van der Waals surface area contributed by atoms with E-state index in [1.54, 1.807) is 42.5 Å². The number of carbonyl (C=O) groups excluding carboxylic acids is 2. The number of hydrogen-bond acceptors (Lipinski definition) is 4. The molecule has 0 radical (unpaired) electrons. The molecule has 0 N–H and O–H groups in total. The van der Waals surface area contributed by atoms with E-state index in [2.05, 4.69) is 0 Å². The summed E-state index contributed by atoms with van der Waals surface area (Å²) in [6.07, 6.45) is 3.24. The molecule has 130 valence electrons. The second kappa shape index (κ2) is 7.83. The van der Waals surface area contributed by atoms with Crippen molar-refractivity contribution < 1.29 is 19.1 Å². The van der Waals surface area contributed by atoms with Crippen molar-refractivity contribution in [2.45, 2.75) is 19.3 Å². The van der Waals surface area contributed by atoms with Gasteiger partial charge in [0.15, 0.2) is 11.5 Å². The Hall–Kier alpha value is -2.82. The number of hydrogen-bond donors (Lipinski definition) is 0. The summed E-state index contributed by atoms with van der Waals surface area (Å²) in [6, 6.07) is 13.7. The highest BCUT2D eigenvalue weighted by atomic mass is 16.6. The lowest BCUT2D eigenvalue weighted by atomic mass is 10.1. The quantitative estimate of drug-likeness (QED) is 0.631. The smallest absolute Gasteiger partial charge is 0.343 e. The summed E-state index contributed by atoms with van der Waals surface area (Å²) < 4.78 is 10.7. The van der Waals surface area contributed by atoms with Gasteiger partial charge in [-0.15, -0.1) is 0 Å². The molecule has 0 atom stereocenters. The molecule has 5 heteroatoms. The van der Waals surface area contributed by atoms with Crippen LogP contribution in [-0.2, 0) is 0 Å². The van der Waals surface area contributed by atoms with E-state index >= 15 is 0 Å². The predicted molar refractivity (Wildman–Crippen MR) is 94.1 cm³/mol. The normalized spacial score (nSPS) is 14.0. The van der Waals surface area contributed by atoms with Crippen molar-refractivity contribution >= 4 is 11.9 Å². The van der Waals surface area contributed by atoms with Crippen molar-refractivity contribution in [2.75, 3.05) is 20.2 Å². The van der Waals surface area contributed by atoms with E-state index in [-0.39, 0.29) is 5.91 Å². The minimum atomic E-state index is -0.464. The molecule has 2 aromatic carbocycles. The fourth-order valence-corrected chi connectivity index (χ4v) is 2.90. The summed E-state index contributed by atoms with van der Waals surface area (Å²) in [7, 11) is 1.49. The first-order chi connectivity index (χ1) is 12.2. The summed E-state index contributed by atoms with van der Waals surface area (Å²) >= 11 is 0. The average molecular weight is 339 g/mol. The SMILES string of the molecule is COc1cc(C(=O)N2CCCCC2)ccc1OC(=O)c1ccccc1. The minimum absolute atomic E-state index is 0.0149. The van der Waals surface area contributed by atoms with Crippen molar-refractivity contribution in [1.29, 1.82) is 0 Å². The number of rotatable bonds is 4. The third kappa shape index (κ3) is 3.99. The number of benzene rings is 2. The highest BCUT2D eigenvalue weighted by Gasteiger charge is 2.20. The van der Waals surface area contributed by atoms with Gasteiger partial charge in [-0.2, -0.15) is 0 Å². The molecule has 3 rings (SSSR count). The zero-order valence-corrected chi connectivity index (χ0v) is 14.2. The Morgan fingerprint density at radius 1 is 0.880 bits per heavy atom. The molecule has 2 aromatic rings. The van der Waals surface area contributed by atoms with E-state index < -0.39 is 5.97 Å². The molecule has 1 amide bonds. The van der Waals surface area contributed by atoms with Gasteiger partial charge in [0.05, 0.1) is 12.7 Å². The maximum absolute atomic E-state index is 12.6.